The molecule has 0 aliphatic heterocycles. The van der Waals surface area contributed by atoms with E-state index in [0.717, 1.165) is 22.3 Å². The van der Waals surface area contributed by atoms with Gasteiger partial charge in [-0.15, -0.1) is 0 Å². The number of aromatic nitrogens is 4. The third-order valence-electron chi connectivity index (χ3n) is 5.42. The molecule has 0 radical (unpaired) electrons. The predicted molar refractivity (Wildman–Crippen MR) is 115 cm³/mol. The molecule has 1 N–H and O–H groups in total. The smallest absolute Gasteiger partial charge is 0.449 e. The number of hydrogen-bond acceptors (Lipinski definition) is 5. The number of benzene rings is 2. The quantitative estimate of drug-likeness (QED) is 0.455. The normalized spacial score (nSPS) is 11.7. The first-order valence-electron chi connectivity index (χ1n) is 9.82. The fraction of sp³-hybridized carbons (Fsp3) is 0.182. The molecule has 0 aliphatic rings. The lowest BCUT2D eigenvalue weighted by molar-refractivity contribution is -0.138. The SMILES string of the molecule is Cc1c(Cn2c(=O)c(OC(=O)O)cn(-c3ccc4c(cnn4C)c3)c2=O)cccc1C(F)(F)F. The molecule has 0 amide bonds. The van der Waals surface area contributed by atoms with Crippen LogP contribution in [0.2, 0.25) is 0 Å². The van der Waals surface area contributed by atoms with Gasteiger partial charge in [0.05, 0.1) is 35.7 Å². The standard InChI is InChI=1S/C22H17F3N4O5/c1-12-13(4-3-5-16(12)22(23,24)25)10-29-19(30)18(34-21(32)33)11-28(20(29)31)15-6-7-17-14(8-15)9-26-27(17)2/h3-9,11H,10H2,1-2H3,(H,32,33). The van der Waals surface area contributed by atoms with Crippen LogP contribution in [0.5, 0.6) is 5.75 Å². The van der Waals surface area contributed by atoms with E-state index in [-0.39, 0.29) is 16.8 Å². The van der Waals surface area contributed by atoms with Gasteiger partial charge in [0.2, 0.25) is 5.75 Å². The molecule has 2 aromatic carbocycles. The zero-order chi connectivity index (χ0) is 24.8. The fourth-order valence-electron chi connectivity index (χ4n) is 3.70. The van der Waals surface area contributed by atoms with Gasteiger partial charge in [-0.2, -0.15) is 18.3 Å². The van der Waals surface area contributed by atoms with Crippen LogP contribution >= 0.6 is 0 Å². The molecule has 0 atom stereocenters. The van der Waals surface area contributed by atoms with Gasteiger partial charge in [-0.05, 0) is 42.3 Å². The second-order valence-corrected chi connectivity index (χ2v) is 7.50. The summed E-state index contributed by atoms with van der Waals surface area (Å²) in [7, 11) is 1.73. The van der Waals surface area contributed by atoms with Crippen LogP contribution in [0.25, 0.3) is 16.6 Å². The number of halogens is 3. The van der Waals surface area contributed by atoms with E-state index in [4.69, 9.17) is 5.11 Å². The molecule has 176 valence electrons. The Kier molecular flexibility index (Phi) is 5.51. The zero-order valence-corrected chi connectivity index (χ0v) is 17.8. The second kappa shape index (κ2) is 8.21. The minimum Gasteiger partial charge on any atom is -0.449 e. The average molecular weight is 474 g/mol. The van der Waals surface area contributed by atoms with Gasteiger partial charge in [0.1, 0.15) is 0 Å². The van der Waals surface area contributed by atoms with Crippen molar-refractivity contribution in [1.82, 2.24) is 18.9 Å². The number of ether oxygens (including phenoxy) is 1. The first-order chi connectivity index (χ1) is 16.0. The molecule has 4 aromatic rings. The number of rotatable bonds is 4. The summed E-state index contributed by atoms with van der Waals surface area (Å²) in [6, 6.07) is 8.25. The van der Waals surface area contributed by atoms with Crippen molar-refractivity contribution in [2.75, 3.05) is 0 Å². The maximum absolute atomic E-state index is 13.3. The molecule has 4 rings (SSSR count). The van der Waals surface area contributed by atoms with E-state index >= 15 is 0 Å². The van der Waals surface area contributed by atoms with Crippen molar-refractivity contribution >= 4 is 17.1 Å². The Morgan fingerprint density at radius 3 is 2.59 bits per heavy atom. The Morgan fingerprint density at radius 2 is 1.91 bits per heavy atom. The molecule has 0 fully saturated rings. The van der Waals surface area contributed by atoms with Gasteiger partial charge < -0.3 is 9.84 Å². The largest absolute Gasteiger partial charge is 0.511 e. The summed E-state index contributed by atoms with van der Waals surface area (Å²) in [6.45, 7) is 0.703. The minimum atomic E-state index is -4.63. The van der Waals surface area contributed by atoms with Crippen LogP contribution in [-0.4, -0.2) is 30.2 Å². The zero-order valence-electron chi connectivity index (χ0n) is 17.8. The van der Waals surface area contributed by atoms with E-state index in [2.05, 4.69) is 9.84 Å². The van der Waals surface area contributed by atoms with Gasteiger partial charge in [0.25, 0.3) is 5.56 Å². The summed E-state index contributed by atoms with van der Waals surface area (Å²) in [5.74, 6) is -0.678. The maximum Gasteiger partial charge on any atom is 0.511 e. The van der Waals surface area contributed by atoms with Gasteiger partial charge in [0.15, 0.2) is 0 Å². The van der Waals surface area contributed by atoms with Crippen molar-refractivity contribution in [3.8, 4) is 11.4 Å². The lowest BCUT2D eigenvalue weighted by Gasteiger charge is -2.16. The van der Waals surface area contributed by atoms with Crippen LogP contribution in [0, 0.1) is 6.92 Å². The van der Waals surface area contributed by atoms with Crippen molar-refractivity contribution in [3.63, 3.8) is 0 Å². The summed E-state index contributed by atoms with van der Waals surface area (Å²) >= 11 is 0. The van der Waals surface area contributed by atoms with Crippen LogP contribution in [0.15, 0.2) is 58.4 Å². The summed E-state index contributed by atoms with van der Waals surface area (Å²) < 4.78 is 47.8. The molecular weight excluding hydrogens is 457 g/mol. The van der Waals surface area contributed by atoms with E-state index in [1.165, 1.54) is 19.1 Å². The third-order valence-corrected chi connectivity index (χ3v) is 5.42. The van der Waals surface area contributed by atoms with Gasteiger partial charge >= 0.3 is 18.0 Å². The Balaban J connectivity index is 1.91. The van der Waals surface area contributed by atoms with Crippen molar-refractivity contribution in [2.24, 2.45) is 7.05 Å². The van der Waals surface area contributed by atoms with Gasteiger partial charge in [0, 0.05) is 12.4 Å². The molecule has 0 bridgehead atoms. The highest BCUT2D eigenvalue weighted by atomic mass is 19.4. The van der Waals surface area contributed by atoms with Crippen LogP contribution in [-0.2, 0) is 19.8 Å². The van der Waals surface area contributed by atoms with Crippen molar-refractivity contribution in [3.05, 3.63) is 86.3 Å². The van der Waals surface area contributed by atoms with Crippen LogP contribution < -0.4 is 16.0 Å². The Bertz CT molecular complexity index is 1550. The molecule has 0 spiro atoms. The number of nitrogens with zero attached hydrogens (tertiary/aromatic N) is 4. The topological polar surface area (TPSA) is 108 Å². The summed E-state index contributed by atoms with van der Waals surface area (Å²) in [5, 5.41) is 13.8. The van der Waals surface area contributed by atoms with Gasteiger partial charge in [-0.1, -0.05) is 12.1 Å². The molecule has 9 nitrogen and oxygen atoms in total. The monoisotopic (exact) mass is 474 g/mol. The van der Waals surface area contributed by atoms with E-state index < -0.39 is 41.4 Å². The number of fused-ring (bicyclic) bond motifs is 1. The van der Waals surface area contributed by atoms with Crippen molar-refractivity contribution in [2.45, 2.75) is 19.6 Å². The number of hydrogen-bond donors (Lipinski definition) is 1. The third kappa shape index (κ3) is 4.05. The molecule has 12 heteroatoms. The highest BCUT2D eigenvalue weighted by Gasteiger charge is 2.33. The van der Waals surface area contributed by atoms with Crippen LogP contribution in [0.3, 0.4) is 0 Å². The lowest BCUT2D eigenvalue weighted by atomic mass is 10.0. The van der Waals surface area contributed by atoms with Crippen molar-refractivity contribution in [1.29, 1.82) is 0 Å². The van der Waals surface area contributed by atoms with E-state index in [1.54, 1.807) is 36.1 Å². The van der Waals surface area contributed by atoms with Crippen LogP contribution in [0.1, 0.15) is 16.7 Å². The Morgan fingerprint density at radius 1 is 1.18 bits per heavy atom. The fourth-order valence-corrected chi connectivity index (χ4v) is 3.70. The molecule has 2 aromatic heterocycles. The summed E-state index contributed by atoms with van der Waals surface area (Å²) in [5.41, 5.74) is -1.95. The second-order valence-electron chi connectivity index (χ2n) is 7.50. The number of alkyl halides is 3. The first-order valence-corrected chi connectivity index (χ1v) is 9.82. The Hall–Kier alpha value is -4.35. The minimum absolute atomic E-state index is 0.0655. The molecule has 0 unspecified atom stereocenters. The van der Waals surface area contributed by atoms with E-state index in [0.29, 0.717) is 9.95 Å². The van der Waals surface area contributed by atoms with Gasteiger partial charge in [-0.3, -0.25) is 18.6 Å². The first kappa shape index (κ1) is 22.8. The molecule has 0 saturated carbocycles. The molecule has 34 heavy (non-hydrogen) atoms. The highest BCUT2D eigenvalue weighted by molar-refractivity contribution is 5.80. The Labute approximate surface area is 188 Å². The van der Waals surface area contributed by atoms with Crippen LogP contribution in [0.4, 0.5) is 18.0 Å². The summed E-state index contributed by atoms with van der Waals surface area (Å²) in [6.07, 6.45) is -3.92. The van der Waals surface area contributed by atoms with Crippen molar-refractivity contribution < 1.29 is 27.8 Å². The van der Waals surface area contributed by atoms with E-state index in [1.807, 2.05) is 0 Å². The summed E-state index contributed by atoms with van der Waals surface area (Å²) in [4.78, 5) is 37.2. The lowest BCUT2D eigenvalue weighted by Crippen LogP contribution is -2.40. The number of carbonyl (C=O) groups is 1. The number of carboxylic acid groups (broad SMARTS) is 1. The highest BCUT2D eigenvalue weighted by Crippen LogP contribution is 2.33. The van der Waals surface area contributed by atoms with Gasteiger partial charge in [-0.25, -0.2) is 9.59 Å². The van der Waals surface area contributed by atoms with E-state index in [9.17, 15) is 27.6 Å². The predicted octanol–water partition coefficient (Wildman–Crippen LogP) is 3.32. The molecular formula is C22H17F3N4O5. The molecule has 2 heterocycles. The molecule has 0 aliphatic carbocycles. The number of aryl methyl sites for hydroxylation is 1. The average Bonchev–Trinajstić information content (AvgIpc) is 3.13. The molecule has 0 saturated heterocycles. The maximum atomic E-state index is 13.3.